The Labute approximate surface area is 107 Å². The van der Waals surface area contributed by atoms with Crippen molar-refractivity contribution in [3.8, 4) is 0 Å². The fraction of sp³-hybridized carbons (Fsp3) is 0.500. The summed E-state index contributed by atoms with van der Waals surface area (Å²) in [5, 5.41) is 2.99. The van der Waals surface area contributed by atoms with E-state index in [0.717, 1.165) is 31.6 Å². The van der Waals surface area contributed by atoms with Crippen LogP contribution in [0.2, 0.25) is 0 Å². The van der Waals surface area contributed by atoms with Gasteiger partial charge in [-0.25, -0.2) is 0 Å². The van der Waals surface area contributed by atoms with Crippen molar-refractivity contribution in [1.82, 2.24) is 5.32 Å². The molecule has 3 N–H and O–H groups in total. The van der Waals surface area contributed by atoms with Crippen molar-refractivity contribution >= 4 is 17.3 Å². The standard InChI is InChI=1S/C14H19N3O/c15-13-6-5-11(17-7-1-2-8-17)9-12(13)14(18)16-10-3-4-10/h5-6,9-10H,1-4,7-8,15H2,(H,16,18). The minimum absolute atomic E-state index is 0.0314. The molecule has 0 spiro atoms. The molecule has 4 nitrogen and oxygen atoms in total. The van der Waals surface area contributed by atoms with Gasteiger partial charge in [-0.2, -0.15) is 0 Å². The molecule has 18 heavy (non-hydrogen) atoms. The summed E-state index contributed by atoms with van der Waals surface area (Å²) in [4.78, 5) is 14.4. The smallest absolute Gasteiger partial charge is 0.253 e. The summed E-state index contributed by atoms with van der Waals surface area (Å²) in [5.41, 5.74) is 8.20. The maximum absolute atomic E-state index is 12.1. The zero-order chi connectivity index (χ0) is 12.5. The van der Waals surface area contributed by atoms with Crippen LogP contribution in [0, 0.1) is 0 Å². The Kier molecular flexibility index (Phi) is 2.86. The van der Waals surface area contributed by atoms with Crippen LogP contribution >= 0.6 is 0 Å². The van der Waals surface area contributed by atoms with E-state index >= 15 is 0 Å². The van der Waals surface area contributed by atoms with Crippen molar-refractivity contribution in [3.05, 3.63) is 23.8 Å². The van der Waals surface area contributed by atoms with Crippen molar-refractivity contribution in [2.75, 3.05) is 23.7 Å². The molecule has 1 aliphatic carbocycles. The average Bonchev–Trinajstić information content (AvgIpc) is 3.01. The lowest BCUT2D eigenvalue weighted by Gasteiger charge is -2.19. The predicted octanol–water partition coefficient (Wildman–Crippen LogP) is 1.76. The second kappa shape index (κ2) is 4.52. The van der Waals surface area contributed by atoms with Crippen LogP contribution in [0.3, 0.4) is 0 Å². The second-order valence-electron chi connectivity index (χ2n) is 5.21. The number of rotatable bonds is 3. The summed E-state index contributed by atoms with van der Waals surface area (Å²) in [7, 11) is 0. The summed E-state index contributed by atoms with van der Waals surface area (Å²) in [5.74, 6) is -0.0314. The minimum atomic E-state index is -0.0314. The zero-order valence-corrected chi connectivity index (χ0v) is 10.5. The van der Waals surface area contributed by atoms with Gasteiger partial charge in [-0.3, -0.25) is 4.79 Å². The Morgan fingerprint density at radius 3 is 2.67 bits per heavy atom. The Hall–Kier alpha value is -1.71. The number of anilines is 2. The van der Waals surface area contributed by atoms with Crippen LogP contribution in [0.15, 0.2) is 18.2 Å². The largest absolute Gasteiger partial charge is 0.398 e. The Balaban J connectivity index is 1.82. The van der Waals surface area contributed by atoms with Crippen LogP contribution in [0.1, 0.15) is 36.0 Å². The quantitative estimate of drug-likeness (QED) is 0.798. The van der Waals surface area contributed by atoms with Gasteiger partial charge in [0.2, 0.25) is 0 Å². The van der Waals surface area contributed by atoms with Gasteiger partial charge in [0, 0.05) is 30.5 Å². The lowest BCUT2D eigenvalue weighted by molar-refractivity contribution is 0.0952. The van der Waals surface area contributed by atoms with Crippen LogP contribution in [0.25, 0.3) is 0 Å². The summed E-state index contributed by atoms with van der Waals surface area (Å²) in [6, 6.07) is 6.15. The summed E-state index contributed by atoms with van der Waals surface area (Å²) < 4.78 is 0. The molecular formula is C14H19N3O. The third-order valence-corrected chi connectivity index (χ3v) is 3.67. The third-order valence-electron chi connectivity index (χ3n) is 3.67. The fourth-order valence-electron chi connectivity index (χ4n) is 2.40. The first-order valence-electron chi connectivity index (χ1n) is 6.69. The number of carbonyl (C=O) groups is 1. The van der Waals surface area contributed by atoms with Gasteiger partial charge in [-0.1, -0.05) is 0 Å². The minimum Gasteiger partial charge on any atom is -0.398 e. The number of hydrogen-bond acceptors (Lipinski definition) is 3. The highest BCUT2D eigenvalue weighted by atomic mass is 16.1. The van der Waals surface area contributed by atoms with Crippen LogP contribution in [0.5, 0.6) is 0 Å². The molecule has 1 heterocycles. The SMILES string of the molecule is Nc1ccc(N2CCCC2)cc1C(=O)NC1CC1. The monoisotopic (exact) mass is 245 g/mol. The lowest BCUT2D eigenvalue weighted by atomic mass is 10.1. The molecule has 3 rings (SSSR count). The molecule has 0 bridgehead atoms. The number of benzene rings is 1. The first kappa shape index (κ1) is 11.4. The van der Waals surface area contributed by atoms with Crippen molar-refractivity contribution in [3.63, 3.8) is 0 Å². The van der Waals surface area contributed by atoms with Gasteiger partial charge in [-0.15, -0.1) is 0 Å². The van der Waals surface area contributed by atoms with E-state index in [2.05, 4.69) is 10.2 Å². The van der Waals surface area contributed by atoms with Gasteiger partial charge in [0.15, 0.2) is 0 Å². The molecular weight excluding hydrogens is 226 g/mol. The van der Waals surface area contributed by atoms with Gasteiger partial charge < -0.3 is 16.0 Å². The van der Waals surface area contributed by atoms with E-state index in [1.54, 1.807) is 0 Å². The molecule has 4 heteroatoms. The fourth-order valence-corrected chi connectivity index (χ4v) is 2.40. The molecule has 0 unspecified atom stereocenters. The number of nitrogens with zero attached hydrogens (tertiary/aromatic N) is 1. The summed E-state index contributed by atoms with van der Waals surface area (Å²) in [6.07, 6.45) is 4.65. The van der Waals surface area contributed by atoms with Gasteiger partial charge in [0.1, 0.15) is 0 Å². The van der Waals surface area contributed by atoms with Crippen LogP contribution < -0.4 is 16.0 Å². The van der Waals surface area contributed by atoms with Gasteiger partial charge in [-0.05, 0) is 43.9 Å². The van der Waals surface area contributed by atoms with Crippen LogP contribution in [0.4, 0.5) is 11.4 Å². The molecule has 0 radical (unpaired) electrons. The first-order chi connectivity index (χ1) is 8.74. The van der Waals surface area contributed by atoms with Crippen LogP contribution in [-0.2, 0) is 0 Å². The molecule has 1 amide bonds. The molecule has 0 atom stereocenters. The zero-order valence-electron chi connectivity index (χ0n) is 10.5. The number of nitrogens with one attached hydrogen (secondary N) is 1. The number of nitrogen functional groups attached to an aromatic ring is 1. The van der Waals surface area contributed by atoms with Crippen molar-refractivity contribution < 1.29 is 4.79 Å². The molecule has 1 aromatic carbocycles. The van der Waals surface area contributed by atoms with Gasteiger partial charge in [0.05, 0.1) is 5.56 Å². The molecule has 1 saturated heterocycles. The van der Waals surface area contributed by atoms with Crippen molar-refractivity contribution in [1.29, 1.82) is 0 Å². The Morgan fingerprint density at radius 1 is 1.28 bits per heavy atom. The second-order valence-corrected chi connectivity index (χ2v) is 5.21. The molecule has 1 aromatic rings. The molecule has 2 aliphatic rings. The van der Waals surface area contributed by atoms with E-state index in [-0.39, 0.29) is 5.91 Å². The molecule has 1 saturated carbocycles. The Bertz CT molecular complexity index is 462. The maximum atomic E-state index is 12.1. The summed E-state index contributed by atoms with van der Waals surface area (Å²) in [6.45, 7) is 2.15. The molecule has 2 fully saturated rings. The van der Waals surface area contributed by atoms with Gasteiger partial charge >= 0.3 is 0 Å². The topological polar surface area (TPSA) is 58.4 Å². The van der Waals surface area contributed by atoms with Crippen LogP contribution in [-0.4, -0.2) is 25.0 Å². The van der Waals surface area contributed by atoms with E-state index in [0.29, 0.717) is 17.3 Å². The lowest BCUT2D eigenvalue weighted by Crippen LogP contribution is -2.27. The normalized spacial score (nSPS) is 19.0. The number of amides is 1. The highest BCUT2D eigenvalue weighted by Gasteiger charge is 2.25. The third kappa shape index (κ3) is 2.28. The highest BCUT2D eigenvalue weighted by Crippen LogP contribution is 2.26. The van der Waals surface area contributed by atoms with E-state index < -0.39 is 0 Å². The maximum Gasteiger partial charge on any atom is 0.253 e. The van der Waals surface area contributed by atoms with E-state index in [9.17, 15) is 4.79 Å². The predicted molar refractivity (Wildman–Crippen MR) is 72.8 cm³/mol. The Morgan fingerprint density at radius 2 is 2.00 bits per heavy atom. The van der Waals surface area contributed by atoms with Gasteiger partial charge in [0.25, 0.3) is 5.91 Å². The van der Waals surface area contributed by atoms with E-state index in [1.165, 1.54) is 12.8 Å². The highest BCUT2D eigenvalue weighted by molar-refractivity contribution is 6.00. The van der Waals surface area contributed by atoms with E-state index in [1.807, 2.05) is 18.2 Å². The summed E-state index contributed by atoms with van der Waals surface area (Å²) >= 11 is 0. The number of carbonyl (C=O) groups excluding carboxylic acids is 1. The number of nitrogens with two attached hydrogens (primary N) is 1. The van der Waals surface area contributed by atoms with Crippen molar-refractivity contribution in [2.45, 2.75) is 31.7 Å². The molecule has 96 valence electrons. The average molecular weight is 245 g/mol. The first-order valence-corrected chi connectivity index (χ1v) is 6.69. The van der Waals surface area contributed by atoms with Crippen molar-refractivity contribution in [2.24, 2.45) is 0 Å². The number of hydrogen-bond donors (Lipinski definition) is 2. The molecule has 1 aliphatic heterocycles. The van der Waals surface area contributed by atoms with E-state index in [4.69, 9.17) is 5.73 Å². The molecule has 0 aromatic heterocycles.